The van der Waals surface area contributed by atoms with E-state index < -0.39 is 0 Å². The number of likely N-dealkylation sites (N-methyl/N-ethyl adjacent to an activating group) is 1. The van der Waals surface area contributed by atoms with Crippen LogP contribution in [0.4, 0.5) is 0 Å². The molecule has 0 fully saturated rings. The van der Waals surface area contributed by atoms with Gasteiger partial charge in [-0.15, -0.1) is 0 Å². The third-order valence-corrected chi connectivity index (χ3v) is 2.92. The van der Waals surface area contributed by atoms with Crippen molar-refractivity contribution >= 4 is 23.2 Å². The van der Waals surface area contributed by atoms with Gasteiger partial charge in [-0.05, 0) is 19.2 Å². The zero-order valence-corrected chi connectivity index (χ0v) is 10.3. The highest BCUT2D eigenvalue weighted by Crippen LogP contribution is 2.30. The number of nitrogens with one attached hydrogen (secondary N) is 1. The minimum atomic E-state index is -0.104. The number of hydrogen-bond acceptors (Lipinski definition) is 3. The van der Waals surface area contributed by atoms with Gasteiger partial charge < -0.3 is 10.1 Å². The van der Waals surface area contributed by atoms with Gasteiger partial charge in [0.25, 0.3) is 0 Å². The van der Waals surface area contributed by atoms with Crippen molar-refractivity contribution < 1.29 is 4.74 Å². The Morgan fingerprint density at radius 1 is 1.50 bits per heavy atom. The lowest BCUT2D eigenvalue weighted by Crippen LogP contribution is -2.20. The first-order chi connectivity index (χ1) is 7.72. The topological polar surface area (TPSA) is 34.1 Å². The summed E-state index contributed by atoms with van der Waals surface area (Å²) < 4.78 is 5.51. The van der Waals surface area contributed by atoms with E-state index in [1.165, 1.54) is 0 Å². The zero-order chi connectivity index (χ0) is 11.5. The Morgan fingerprint density at radius 3 is 2.88 bits per heavy atom. The first-order valence-electron chi connectivity index (χ1n) is 5.03. The second-order valence-electron chi connectivity index (χ2n) is 3.49. The maximum atomic E-state index is 6.11. The van der Waals surface area contributed by atoms with E-state index in [-0.39, 0.29) is 6.04 Å². The SMILES string of the molecule is CNC(C1=CCCO1)c1ncc(Cl)cc1Cl. The van der Waals surface area contributed by atoms with Crippen molar-refractivity contribution in [3.8, 4) is 0 Å². The van der Waals surface area contributed by atoms with Gasteiger partial charge in [0.2, 0.25) is 0 Å². The van der Waals surface area contributed by atoms with Gasteiger partial charge in [-0.3, -0.25) is 4.98 Å². The Hall–Kier alpha value is -0.770. The van der Waals surface area contributed by atoms with Crippen LogP contribution in [-0.2, 0) is 4.74 Å². The van der Waals surface area contributed by atoms with Crippen molar-refractivity contribution in [2.75, 3.05) is 13.7 Å². The van der Waals surface area contributed by atoms with E-state index in [9.17, 15) is 0 Å². The number of hydrogen-bond donors (Lipinski definition) is 1. The molecule has 2 rings (SSSR count). The quantitative estimate of drug-likeness (QED) is 0.906. The molecule has 1 aromatic rings. The molecule has 0 radical (unpaired) electrons. The minimum Gasteiger partial charge on any atom is -0.496 e. The van der Waals surface area contributed by atoms with Gasteiger partial charge in [-0.2, -0.15) is 0 Å². The summed E-state index contributed by atoms with van der Waals surface area (Å²) in [4.78, 5) is 4.25. The molecule has 2 heterocycles. The van der Waals surface area contributed by atoms with E-state index in [2.05, 4.69) is 10.3 Å². The van der Waals surface area contributed by atoms with Gasteiger partial charge in [0.15, 0.2) is 0 Å². The van der Waals surface area contributed by atoms with Gasteiger partial charge in [0, 0.05) is 12.6 Å². The van der Waals surface area contributed by atoms with E-state index in [1.54, 1.807) is 12.3 Å². The molecule has 1 aromatic heterocycles. The van der Waals surface area contributed by atoms with E-state index in [0.29, 0.717) is 10.0 Å². The Kier molecular flexibility index (Phi) is 3.69. The fraction of sp³-hybridized carbons (Fsp3) is 0.364. The summed E-state index contributed by atoms with van der Waals surface area (Å²) in [6.07, 6.45) is 4.56. The Balaban J connectivity index is 2.32. The molecule has 0 aromatic carbocycles. The van der Waals surface area contributed by atoms with Crippen LogP contribution < -0.4 is 5.32 Å². The van der Waals surface area contributed by atoms with Crippen molar-refractivity contribution in [1.82, 2.24) is 10.3 Å². The number of aromatic nitrogens is 1. The van der Waals surface area contributed by atoms with Gasteiger partial charge in [0.1, 0.15) is 11.8 Å². The summed E-state index contributed by atoms with van der Waals surface area (Å²) >= 11 is 11.9. The monoisotopic (exact) mass is 258 g/mol. The summed E-state index contributed by atoms with van der Waals surface area (Å²) in [6, 6.07) is 1.58. The molecule has 3 nitrogen and oxygen atoms in total. The van der Waals surface area contributed by atoms with E-state index >= 15 is 0 Å². The molecule has 0 spiro atoms. The Bertz CT molecular complexity index is 420. The molecule has 16 heavy (non-hydrogen) atoms. The zero-order valence-electron chi connectivity index (χ0n) is 8.84. The third-order valence-electron chi connectivity index (χ3n) is 2.42. The van der Waals surface area contributed by atoms with Gasteiger partial charge in [-0.25, -0.2) is 0 Å². The predicted molar refractivity (Wildman–Crippen MR) is 64.7 cm³/mol. The molecule has 86 valence electrons. The highest BCUT2D eigenvalue weighted by molar-refractivity contribution is 6.34. The standard InChI is InChI=1S/C11H12Cl2N2O/c1-14-11(9-3-2-4-16-9)10-8(13)5-7(12)6-15-10/h3,5-6,11,14H,2,4H2,1H3. The number of nitrogens with zero attached hydrogens (tertiary/aromatic N) is 1. The molecule has 0 amide bonds. The average molecular weight is 259 g/mol. The third kappa shape index (κ3) is 2.32. The second-order valence-corrected chi connectivity index (χ2v) is 4.33. The normalized spacial score (nSPS) is 16.8. The van der Waals surface area contributed by atoms with Gasteiger partial charge in [0.05, 0.1) is 22.3 Å². The smallest absolute Gasteiger partial charge is 0.115 e. The molecule has 1 atom stereocenters. The molecule has 1 aliphatic rings. The summed E-state index contributed by atoms with van der Waals surface area (Å²) in [7, 11) is 1.85. The molecule has 1 N–H and O–H groups in total. The van der Waals surface area contributed by atoms with Crippen LogP contribution in [0, 0.1) is 0 Å². The molecule has 0 saturated carbocycles. The van der Waals surface area contributed by atoms with E-state index in [1.807, 2.05) is 13.1 Å². The van der Waals surface area contributed by atoms with Crippen molar-refractivity contribution in [3.05, 3.63) is 39.8 Å². The van der Waals surface area contributed by atoms with Crippen LogP contribution in [0.1, 0.15) is 18.2 Å². The maximum Gasteiger partial charge on any atom is 0.115 e. The number of pyridine rings is 1. The highest BCUT2D eigenvalue weighted by Gasteiger charge is 2.22. The van der Waals surface area contributed by atoms with Crippen molar-refractivity contribution in [1.29, 1.82) is 0 Å². The number of ether oxygens (including phenoxy) is 1. The first kappa shape index (κ1) is 11.7. The first-order valence-corrected chi connectivity index (χ1v) is 5.79. The Morgan fingerprint density at radius 2 is 2.31 bits per heavy atom. The van der Waals surface area contributed by atoms with Gasteiger partial charge in [-0.1, -0.05) is 23.2 Å². The molecule has 5 heteroatoms. The van der Waals surface area contributed by atoms with E-state index in [4.69, 9.17) is 27.9 Å². The van der Waals surface area contributed by atoms with Crippen LogP contribution in [0.5, 0.6) is 0 Å². The summed E-state index contributed by atoms with van der Waals surface area (Å²) in [5.41, 5.74) is 0.738. The molecular formula is C11H12Cl2N2O. The van der Waals surface area contributed by atoms with Crippen LogP contribution in [-0.4, -0.2) is 18.6 Å². The molecule has 1 unspecified atom stereocenters. The molecule has 0 aliphatic carbocycles. The van der Waals surface area contributed by atoms with Crippen molar-refractivity contribution in [2.45, 2.75) is 12.5 Å². The largest absolute Gasteiger partial charge is 0.496 e. The Labute approximate surface area is 104 Å². The fourth-order valence-electron chi connectivity index (χ4n) is 1.69. The van der Waals surface area contributed by atoms with Crippen molar-refractivity contribution in [3.63, 3.8) is 0 Å². The molecule has 1 aliphatic heterocycles. The second kappa shape index (κ2) is 5.04. The summed E-state index contributed by atoms with van der Waals surface area (Å²) in [6.45, 7) is 0.721. The molecular weight excluding hydrogens is 247 g/mol. The number of halogens is 2. The lowest BCUT2D eigenvalue weighted by Gasteiger charge is -2.18. The van der Waals surface area contributed by atoms with Crippen LogP contribution in [0.25, 0.3) is 0 Å². The molecule has 0 bridgehead atoms. The molecule has 0 saturated heterocycles. The van der Waals surface area contributed by atoms with Crippen LogP contribution in [0.3, 0.4) is 0 Å². The van der Waals surface area contributed by atoms with Crippen LogP contribution in [0.2, 0.25) is 10.0 Å². The van der Waals surface area contributed by atoms with Gasteiger partial charge >= 0.3 is 0 Å². The van der Waals surface area contributed by atoms with E-state index in [0.717, 1.165) is 24.5 Å². The number of rotatable bonds is 3. The minimum absolute atomic E-state index is 0.104. The fourth-order valence-corrected chi connectivity index (χ4v) is 2.18. The summed E-state index contributed by atoms with van der Waals surface area (Å²) in [5, 5.41) is 4.21. The lowest BCUT2D eigenvalue weighted by molar-refractivity contribution is 0.217. The predicted octanol–water partition coefficient (Wildman–Crippen LogP) is 2.95. The van der Waals surface area contributed by atoms with Crippen molar-refractivity contribution in [2.24, 2.45) is 0 Å². The lowest BCUT2D eigenvalue weighted by atomic mass is 10.1. The highest BCUT2D eigenvalue weighted by atomic mass is 35.5. The van der Waals surface area contributed by atoms with Crippen LogP contribution >= 0.6 is 23.2 Å². The average Bonchev–Trinajstić information content (AvgIpc) is 2.75. The maximum absolute atomic E-state index is 6.11. The summed E-state index contributed by atoms with van der Waals surface area (Å²) in [5.74, 6) is 0.874. The van der Waals surface area contributed by atoms with Crippen LogP contribution in [0.15, 0.2) is 24.1 Å².